The standard InChI is InChI=1S/C35H56O5/c1-22(36)39-21-35(8)28-12-10-24-20-32(5)17-14-26-31(3,4)29(38-9)15-19-34(26,7)27(32)13-11-25(24)33(28,6)18-16-30(35)40-23(2)37/h10,25-30H,11-21H2,1-9H3/t25-,26-,27-,28+,29-,30+,32-,33+,34-,35+/m0/s1. The molecule has 10 atom stereocenters. The third-order valence-corrected chi connectivity index (χ3v) is 13.8. The summed E-state index contributed by atoms with van der Waals surface area (Å²) in [4.78, 5) is 24.0. The Balaban J connectivity index is 1.47. The smallest absolute Gasteiger partial charge is 0.302 e. The van der Waals surface area contributed by atoms with Gasteiger partial charge < -0.3 is 14.2 Å². The molecule has 4 saturated carbocycles. The number of methoxy groups -OCH3 is 1. The van der Waals surface area contributed by atoms with Gasteiger partial charge in [0.05, 0.1) is 6.10 Å². The fourth-order valence-corrected chi connectivity index (χ4v) is 12.0. The number of allylic oxidation sites excluding steroid dienone is 2. The normalized spacial score (nSPS) is 47.8. The van der Waals surface area contributed by atoms with Crippen molar-refractivity contribution < 1.29 is 23.8 Å². The lowest BCUT2D eigenvalue weighted by Crippen LogP contribution is -2.58. The Morgan fingerprint density at radius 2 is 1.48 bits per heavy atom. The topological polar surface area (TPSA) is 61.8 Å². The Labute approximate surface area is 243 Å². The molecule has 0 radical (unpaired) electrons. The van der Waals surface area contributed by atoms with Gasteiger partial charge in [0.1, 0.15) is 12.7 Å². The largest absolute Gasteiger partial charge is 0.465 e. The second-order valence-electron chi connectivity index (χ2n) is 16.2. The molecule has 4 fully saturated rings. The first-order chi connectivity index (χ1) is 18.6. The van der Waals surface area contributed by atoms with Crippen molar-refractivity contribution in [2.45, 2.75) is 132 Å². The Hall–Kier alpha value is -1.36. The molecule has 0 aromatic heterocycles. The summed E-state index contributed by atoms with van der Waals surface area (Å²) in [6.07, 6.45) is 14.4. The lowest BCUT2D eigenvalue weighted by molar-refractivity contribution is -0.188. The van der Waals surface area contributed by atoms with Crippen molar-refractivity contribution in [1.29, 1.82) is 0 Å². The molecular weight excluding hydrogens is 500 g/mol. The molecule has 5 nitrogen and oxygen atoms in total. The highest BCUT2D eigenvalue weighted by Gasteiger charge is 2.64. The number of carbonyl (C=O) groups is 2. The summed E-state index contributed by atoms with van der Waals surface area (Å²) in [5.74, 6) is 1.75. The molecule has 5 heteroatoms. The minimum absolute atomic E-state index is 0.104. The van der Waals surface area contributed by atoms with E-state index in [1.807, 2.05) is 7.11 Å². The first-order valence-electron chi connectivity index (χ1n) is 16.1. The van der Waals surface area contributed by atoms with Gasteiger partial charge in [-0.05, 0) is 110 Å². The fourth-order valence-electron chi connectivity index (χ4n) is 12.0. The van der Waals surface area contributed by atoms with Crippen molar-refractivity contribution in [3.05, 3.63) is 11.6 Å². The summed E-state index contributed by atoms with van der Waals surface area (Å²) in [7, 11) is 1.91. The maximum Gasteiger partial charge on any atom is 0.302 e. The van der Waals surface area contributed by atoms with Crippen LogP contribution in [-0.4, -0.2) is 37.9 Å². The summed E-state index contributed by atoms with van der Waals surface area (Å²) >= 11 is 0. The Kier molecular flexibility index (Phi) is 7.62. The maximum absolute atomic E-state index is 12.1. The van der Waals surface area contributed by atoms with E-state index in [2.05, 4.69) is 47.6 Å². The number of fused-ring (bicyclic) bond motifs is 6. The lowest BCUT2D eigenvalue weighted by Gasteiger charge is -2.64. The fraction of sp³-hybridized carbons (Fsp3) is 0.886. The van der Waals surface area contributed by atoms with Gasteiger partial charge >= 0.3 is 11.9 Å². The van der Waals surface area contributed by atoms with Gasteiger partial charge in [-0.3, -0.25) is 9.59 Å². The van der Waals surface area contributed by atoms with E-state index in [1.165, 1.54) is 58.8 Å². The third kappa shape index (κ3) is 4.51. The predicted molar refractivity (Wildman–Crippen MR) is 157 cm³/mol. The summed E-state index contributed by atoms with van der Waals surface area (Å²) in [5.41, 5.74) is 2.28. The highest BCUT2D eigenvalue weighted by atomic mass is 16.6. The van der Waals surface area contributed by atoms with Crippen molar-refractivity contribution in [3.8, 4) is 0 Å². The van der Waals surface area contributed by atoms with E-state index in [1.54, 1.807) is 5.57 Å². The number of hydrogen-bond donors (Lipinski definition) is 0. The first-order valence-corrected chi connectivity index (χ1v) is 16.1. The molecule has 0 heterocycles. The highest BCUT2D eigenvalue weighted by molar-refractivity contribution is 5.66. The van der Waals surface area contributed by atoms with Crippen LogP contribution in [0.4, 0.5) is 0 Å². The summed E-state index contributed by atoms with van der Waals surface area (Å²) in [6, 6.07) is 0. The van der Waals surface area contributed by atoms with E-state index in [0.717, 1.165) is 19.3 Å². The van der Waals surface area contributed by atoms with Crippen LogP contribution in [0.5, 0.6) is 0 Å². The molecule has 5 aliphatic rings. The van der Waals surface area contributed by atoms with E-state index < -0.39 is 5.41 Å². The Morgan fingerprint density at radius 3 is 2.12 bits per heavy atom. The van der Waals surface area contributed by atoms with Gasteiger partial charge in [0, 0.05) is 26.4 Å². The van der Waals surface area contributed by atoms with E-state index in [0.29, 0.717) is 47.2 Å². The monoisotopic (exact) mass is 556 g/mol. The summed E-state index contributed by atoms with van der Waals surface area (Å²) in [5, 5.41) is 0. The number of ether oxygens (including phenoxy) is 3. The van der Waals surface area contributed by atoms with Gasteiger partial charge in [0.2, 0.25) is 0 Å². The number of carbonyl (C=O) groups excluding carboxylic acids is 2. The number of rotatable bonds is 4. The van der Waals surface area contributed by atoms with Gasteiger partial charge in [-0.15, -0.1) is 0 Å². The molecule has 0 spiro atoms. The van der Waals surface area contributed by atoms with Crippen molar-refractivity contribution in [1.82, 2.24) is 0 Å². The molecule has 0 bridgehead atoms. The minimum atomic E-state index is -0.394. The summed E-state index contributed by atoms with van der Waals surface area (Å²) < 4.78 is 17.7. The lowest BCUT2D eigenvalue weighted by atomic mass is 9.42. The minimum Gasteiger partial charge on any atom is -0.465 e. The highest BCUT2D eigenvalue weighted by Crippen LogP contribution is 2.70. The zero-order chi connectivity index (χ0) is 29.3. The van der Waals surface area contributed by atoms with E-state index in [4.69, 9.17) is 14.2 Å². The third-order valence-electron chi connectivity index (χ3n) is 13.8. The SMILES string of the molecule is CO[C@H]1CC[C@@]2(C)[C@@H](CC[C@@]3(C)CC4=CC[C@@H]5[C@](C)(CC[C@@H](OC(C)=O)[C@]5(C)COC(C)=O)[C@H]4CC[C@@H]32)C1(C)C. The number of esters is 2. The van der Waals surface area contributed by atoms with Crippen molar-refractivity contribution in [2.24, 2.45) is 50.7 Å². The molecule has 0 amide bonds. The molecule has 0 aliphatic heterocycles. The second-order valence-corrected chi connectivity index (χ2v) is 16.2. The van der Waals surface area contributed by atoms with Gasteiger partial charge in [-0.25, -0.2) is 0 Å². The van der Waals surface area contributed by atoms with Crippen LogP contribution in [0.15, 0.2) is 11.6 Å². The van der Waals surface area contributed by atoms with E-state index in [-0.39, 0.29) is 28.9 Å². The van der Waals surface area contributed by atoms with Gasteiger partial charge in [0.15, 0.2) is 0 Å². The van der Waals surface area contributed by atoms with Crippen LogP contribution in [0.3, 0.4) is 0 Å². The molecule has 5 rings (SSSR count). The molecule has 40 heavy (non-hydrogen) atoms. The van der Waals surface area contributed by atoms with Gasteiger partial charge in [-0.1, -0.05) is 53.2 Å². The maximum atomic E-state index is 12.1. The first kappa shape index (κ1) is 30.1. The second kappa shape index (κ2) is 10.1. The van der Waals surface area contributed by atoms with Crippen molar-refractivity contribution in [3.63, 3.8) is 0 Å². The van der Waals surface area contributed by atoms with Gasteiger partial charge in [0.25, 0.3) is 0 Å². The average Bonchev–Trinajstić information content (AvgIpc) is 3.01. The van der Waals surface area contributed by atoms with E-state index >= 15 is 0 Å². The van der Waals surface area contributed by atoms with Crippen molar-refractivity contribution >= 4 is 11.9 Å². The quantitative estimate of drug-likeness (QED) is 0.260. The van der Waals surface area contributed by atoms with Crippen LogP contribution in [-0.2, 0) is 23.8 Å². The molecule has 0 N–H and O–H groups in total. The van der Waals surface area contributed by atoms with Crippen LogP contribution in [0, 0.1) is 50.7 Å². The molecule has 0 unspecified atom stereocenters. The van der Waals surface area contributed by atoms with Crippen molar-refractivity contribution in [2.75, 3.05) is 13.7 Å². The van der Waals surface area contributed by atoms with Crippen LogP contribution in [0.2, 0.25) is 0 Å². The molecule has 0 saturated heterocycles. The molecule has 0 aromatic carbocycles. The van der Waals surface area contributed by atoms with Crippen LogP contribution in [0.25, 0.3) is 0 Å². The molecule has 5 aliphatic carbocycles. The Morgan fingerprint density at radius 1 is 0.800 bits per heavy atom. The Bertz CT molecular complexity index is 1050. The zero-order valence-electron chi connectivity index (χ0n) is 26.9. The van der Waals surface area contributed by atoms with Crippen LogP contribution >= 0.6 is 0 Å². The van der Waals surface area contributed by atoms with Crippen LogP contribution < -0.4 is 0 Å². The average molecular weight is 557 g/mol. The zero-order valence-corrected chi connectivity index (χ0v) is 26.9. The molecule has 0 aromatic rings. The number of hydrogen-bond acceptors (Lipinski definition) is 5. The predicted octanol–water partition coefficient (Wildman–Crippen LogP) is 7.91. The summed E-state index contributed by atoms with van der Waals surface area (Å²) in [6.45, 7) is 18.2. The molecular formula is C35H56O5. The van der Waals surface area contributed by atoms with Gasteiger partial charge in [-0.2, -0.15) is 0 Å². The van der Waals surface area contributed by atoms with E-state index in [9.17, 15) is 9.59 Å². The molecule has 226 valence electrons. The van der Waals surface area contributed by atoms with Crippen LogP contribution in [0.1, 0.15) is 120 Å².